The van der Waals surface area contributed by atoms with Crippen molar-refractivity contribution in [2.75, 3.05) is 0 Å². The predicted octanol–water partition coefficient (Wildman–Crippen LogP) is 2.06. The Labute approximate surface area is 85.5 Å². The lowest BCUT2D eigenvalue weighted by Crippen LogP contribution is -2.27. The fraction of sp³-hybridized carbons (Fsp3) is 0.600. The number of alkyl halides is 2. The molecule has 1 atom stereocenters. The summed E-state index contributed by atoms with van der Waals surface area (Å²) in [5, 5.41) is 0. The van der Waals surface area contributed by atoms with Gasteiger partial charge in [-0.2, -0.15) is 0 Å². The monoisotopic (exact) mass is 214 g/mol. The average molecular weight is 214 g/mol. The molecule has 1 aromatic rings. The molecule has 1 aromatic heterocycles. The average Bonchev–Trinajstić information content (AvgIpc) is 2.16. The van der Waals surface area contributed by atoms with Crippen molar-refractivity contribution >= 4 is 0 Å². The van der Waals surface area contributed by atoms with Gasteiger partial charge in [0.2, 0.25) is 5.92 Å². The van der Waals surface area contributed by atoms with Gasteiger partial charge in [-0.05, 0) is 12.8 Å². The molecule has 0 saturated heterocycles. The Hall–Kier alpha value is -1.26. The Morgan fingerprint density at radius 1 is 1.53 bits per heavy atom. The molecule has 0 amide bonds. The summed E-state index contributed by atoms with van der Waals surface area (Å²) in [6.45, 7) is 0. The number of aromatic nitrogens is 2. The molecule has 1 N–H and O–H groups in total. The molecule has 2 rings (SSSR count). The van der Waals surface area contributed by atoms with Gasteiger partial charge in [0.05, 0.1) is 0 Å². The van der Waals surface area contributed by atoms with Gasteiger partial charge >= 0.3 is 0 Å². The first kappa shape index (κ1) is 10.3. The summed E-state index contributed by atoms with van der Waals surface area (Å²) in [5.41, 5.74) is -0.283. The Balaban J connectivity index is 2.21. The van der Waals surface area contributed by atoms with Crippen LogP contribution in [0.1, 0.15) is 37.4 Å². The van der Waals surface area contributed by atoms with Gasteiger partial charge < -0.3 is 4.98 Å². The zero-order chi connectivity index (χ0) is 10.9. The summed E-state index contributed by atoms with van der Waals surface area (Å²) in [4.78, 5) is 17.5. The van der Waals surface area contributed by atoms with Gasteiger partial charge in [0.25, 0.3) is 5.56 Å². The van der Waals surface area contributed by atoms with E-state index >= 15 is 0 Å². The standard InChI is InChI=1S/C10H12F2N2O/c11-10(12)4-1-2-7(6-10)9-13-5-3-8(15)14-9/h3,5,7H,1-2,4,6H2,(H,13,14,15)/t7-/m0/s1. The minimum atomic E-state index is -2.61. The van der Waals surface area contributed by atoms with Crippen molar-refractivity contribution in [3.05, 3.63) is 28.4 Å². The Kier molecular flexibility index (Phi) is 2.54. The van der Waals surface area contributed by atoms with E-state index in [-0.39, 0.29) is 24.3 Å². The van der Waals surface area contributed by atoms with Crippen LogP contribution in [-0.2, 0) is 0 Å². The minimum Gasteiger partial charge on any atom is -0.310 e. The molecule has 0 radical (unpaired) electrons. The van der Waals surface area contributed by atoms with Gasteiger partial charge in [-0.25, -0.2) is 13.8 Å². The van der Waals surface area contributed by atoms with Crippen LogP contribution in [0.5, 0.6) is 0 Å². The molecule has 1 aliphatic carbocycles. The molecule has 0 spiro atoms. The highest BCUT2D eigenvalue weighted by atomic mass is 19.3. The molecule has 0 bridgehead atoms. The quantitative estimate of drug-likeness (QED) is 0.777. The van der Waals surface area contributed by atoms with Gasteiger partial charge in [-0.15, -0.1) is 0 Å². The fourth-order valence-electron chi connectivity index (χ4n) is 2.00. The molecule has 0 aromatic carbocycles. The molecule has 5 heteroatoms. The number of aromatic amines is 1. The molecule has 1 saturated carbocycles. The lowest BCUT2D eigenvalue weighted by Gasteiger charge is -2.27. The smallest absolute Gasteiger partial charge is 0.250 e. The zero-order valence-electron chi connectivity index (χ0n) is 8.17. The molecule has 1 heterocycles. The number of halogens is 2. The van der Waals surface area contributed by atoms with Crippen molar-refractivity contribution in [2.24, 2.45) is 0 Å². The van der Waals surface area contributed by atoms with Crippen LogP contribution in [0.2, 0.25) is 0 Å². The normalized spacial score (nSPS) is 25.1. The topological polar surface area (TPSA) is 45.8 Å². The molecular weight excluding hydrogens is 202 g/mol. The molecule has 0 unspecified atom stereocenters. The van der Waals surface area contributed by atoms with Gasteiger partial charge in [0, 0.05) is 31.0 Å². The van der Waals surface area contributed by atoms with E-state index in [1.807, 2.05) is 0 Å². The third-order valence-corrected chi connectivity index (χ3v) is 2.72. The van der Waals surface area contributed by atoms with Crippen LogP contribution in [-0.4, -0.2) is 15.9 Å². The summed E-state index contributed by atoms with van der Waals surface area (Å²) in [5.74, 6) is -2.54. The van der Waals surface area contributed by atoms with Crippen molar-refractivity contribution in [3.63, 3.8) is 0 Å². The van der Waals surface area contributed by atoms with E-state index in [1.54, 1.807) is 0 Å². The van der Waals surface area contributed by atoms with E-state index < -0.39 is 5.92 Å². The Morgan fingerprint density at radius 2 is 2.33 bits per heavy atom. The predicted molar refractivity (Wildman–Crippen MR) is 51.0 cm³/mol. The summed E-state index contributed by atoms with van der Waals surface area (Å²) in [6.07, 6.45) is 2.25. The third kappa shape index (κ3) is 2.40. The molecule has 82 valence electrons. The van der Waals surface area contributed by atoms with Gasteiger partial charge in [0.1, 0.15) is 5.82 Å². The number of nitrogens with zero attached hydrogens (tertiary/aromatic N) is 1. The van der Waals surface area contributed by atoms with Crippen LogP contribution in [0.25, 0.3) is 0 Å². The van der Waals surface area contributed by atoms with Crippen LogP contribution in [0.4, 0.5) is 8.78 Å². The summed E-state index contributed by atoms with van der Waals surface area (Å²) < 4.78 is 26.2. The van der Waals surface area contributed by atoms with Crippen molar-refractivity contribution in [2.45, 2.75) is 37.5 Å². The minimum absolute atomic E-state index is 0.0550. The number of nitrogens with one attached hydrogen (secondary N) is 1. The summed E-state index contributed by atoms with van der Waals surface area (Å²) in [7, 11) is 0. The number of hydrogen-bond donors (Lipinski definition) is 1. The lowest BCUT2D eigenvalue weighted by molar-refractivity contribution is -0.0417. The first-order valence-electron chi connectivity index (χ1n) is 5.00. The highest BCUT2D eigenvalue weighted by molar-refractivity contribution is 5.01. The van der Waals surface area contributed by atoms with Crippen molar-refractivity contribution < 1.29 is 8.78 Å². The fourth-order valence-corrected chi connectivity index (χ4v) is 2.00. The van der Waals surface area contributed by atoms with E-state index in [0.29, 0.717) is 18.7 Å². The number of H-pyrrole nitrogens is 1. The SMILES string of the molecule is O=c1ccnc([C@H]2CCCC(F)(F)C2)[nH]1. The maximum absolute atomic E-state index is 13.1. The Bertz CT molecular complexity index is 402. The molecule has 3 nitrogen and oxygen atoms in total. The van der Waals surface area contributed by atoms with E-state index in [9.17, 15) is 13.6 Å². The van der Waals surface area contributed by atoms with Crippen molar-refractivity contribution in [1.82, 2.24) is 9.97 Å². The van der Waals surface area contributed by atoms with Crippen LogP contribution >= 0.6 is 0 Å². The molecule has 15 heavy (non-hydrogen) atoms. The summed E-state index contributed by atoms with van der Waals surface area (Å²) in [6, 6.07) is 1.28. The molecular formula is C10H12F2N2O. The largest absolute Gasteiger partial charge is 0.310 e. The molecule has 1 aliphatic rings. The van der Waals surface area contributed by atoms with Crippen LogP contribution in [0.15, 0.2) is 17.1 Å². The maximum atomic E-state index is 13.1. The highest BCUT2D eigenvalue weighted by Gasteiger charge is 2.37. The third-order valence-electron chi connectivity index (χ3n) is 2.72. The van der Waals surface area contributed by atoms with E-state index in [4.69, 9.17) is 0 Å². The first-order chi connectivity index (χ1) is 7.07. The van der Waals surface area contributed by atoms with Gasteiger partial charge in [0.15, 0.2) is 0 Å². The van der Waals surface area contributed by atoms with Crippen molar-refractivity contribution in [1.29, 1.82) is 0 Å². The van der Waals surface area contributed by atoms with Gasteiger partial charge in [-0.1, -0.05) is 0 Å². The zero-order valence-corrected chi connectivity index (χ0v) is 8.17. The number of hydrogen-bond acceptors (Lipinski definition) is 2. The van der Waals surface area contributed by atoms with E-state index in [2.05, 4.69) is 9.97 Å². The Morgan fingerprint density at radius 3 is 3.00 bits per heavy atom. The molecule has 0 aliphatic heterocycles. The molecule has 1 fully saturated rings. The maximum Gasteiger partial charge on any atom is 0.250 e. The van der Waals surface area contributed by atoms with Gasteiger partial charge in [-0.3, -0.25) is 4.79 Å². The van der Waals surface area contributed by atoms with Crippen molar-refractivity contribution in [3.8, 4) is 0 Å². The first-order valence-corrected chi connectivity index (χ1v) is 5.00. The number of rotatable bonds is 1. The second-order valence-corrected chi connectivity index (χ2v) is 3.97. The van der Waals surface area contributed by atoms with Crippen LogP contribution < -0.4 is 5.56 Å². The van der Waals surface area contributed by atoms with E-state index in [0.717, 1.165) is 0 Å². The second kappa shape index (κ2) is 3.72. The van der Waals surface area contributed by atoms with E-state index in [1.165, 1.54) is 12.3 Å². The van der Waals surface area contributed by atoms with Crippen LogP contribution in [0.3, 0.4) is 0 Å². The lowest BCUT2D eigenvalue weighted by atomic mass is 9.86. The second-order valence-electron chi connectivity index (χ2n) is 3.97. The highest BCUT2D eigenvalue weighted by Crippen LogP contribution is 2.40. The van der Waals surface area contributed by atoms with Crippen LogP contribution in [0, 0.1) is 0 Å². The summed E-state index contributed by atoms with van der Waals surface area (Å²) >= 11 is 0.